The van der Waals surface area contributed by atoms with E-state index in [1.165, 1.54) is 17.7 Å². The zero-order valence-electron chi connectivity index (χ0n) is 14.0. The summed E-state index contributed by atoms with van der Waals surface area (Å²) in [4.78, 5) is 4.21. The predicted octanol–water partition coefficient (Wildman–Crippen LogP) is 3.78. The smallest absolute Gasteiger partial charge is 0.190 e. The Hall–Kier alpha value is -1.63. The van der Waals surface area contributed by atoms with E-state index >= 15 is 0 Å². The number of nitrogens with one attached hydrogen (secondary N) is 2. The van der Waals surface area contributed by atoms with E-state index in [9.17, 15) is 4.39 Å². The number of rotatable bonds is 7. The second-order valence-electron chi connectivity index (χ2n) is 5.39. The SMILES string of the molecule is CN=C(NCCCc1ccccc1)NCCc1ccc(F)cc1.I. The molecule has 0 heterocycles. The third kappa shape index (κ3) is 7.77. The van der Waals surface area contributed by atoms with Gasteiger partial charge < -0.3 is 10.6 Å². The fourth-order valence-electron chi connectivity index (χ4n) is 2.34. The van der Waals surface area contributed by atoms with E-state index < -0.39 is 0 Å². The summed E-state index contributed by atoms with van der Waals surface area (Å²) in [6.07, 6.45) is 2.95. The molecule has 0 saturated carbocycles. The monoisotopic (exact) mass is 441 g/mol. The number of halogens is 2. The Kier molecular flexibility index (Phi) is 10.1. The van der Waals surface area contributed by atoms with Crippen molar-refractivity contribution in [3.8, 4) is 0 Å². The van der Waals surface area contributed by atoms with E-state index in [1.54, 1.807) is 7.05 Å². The first-order valence-electron chi connectivity index (χ1n) is 8.01. The molecule has 0 aliphatic heterocycles. The highest BCUT2D eigenvalue weighted by molar-refractivity contribution is 14.0. The van der Waals surface area contributed by atoms with Gasteiger partial charge in [0.2, 0.25) is 0 Å². The number of guanidine groups is 1. The van der Waals surface area contributed by atoms with Crippen LogP contribution in [0.1, 0.15) is 17.5 Å². The van der Waals surface area contributed by atoms with Gasteiger partial charge in [0.15, 0.2) is 5.96 Å². The van der Waals surface area contributed by atoms with E-state index in [4.69, 9.17) is 0 Å². The summed E-state index contributed by atoms with van der Waals surface area (Å²) >= 11 is 0. The molecule has 0 radical (unpaired) electrons. The molecule has 0 aromatic heterocycles. The molecular weight excluding hydrogens is 416 g/mol. The number of aryl methyl sites for hydroxylation is 1. The average Bonchev–Trinajstić information content (AvgIpc) is 2.59. The van der Waals surface area contributed by atoms with Crippen LogP contribution in [0.4, 0.5) is 4.39 Å². The first-order valence-corrected chi connectivity index (χ1v) is 8.01. The van der Waals surface area contributed by atoms with Crippen molar-refractivity contribution >= 4 is 29.9 Å². The van der Waals surface area contributed by atoms with Crippen LogP contribution in [-0.2, 0) is 12.8 Å². The lowest BCUT2D eigenvalue weighted by Crippen LogP contribution is -2.38. The molecule has 0 aliphatic rings. The van der Waals surface area contributed by atoms with Gasteiger partial charge in [-0.25, -0.2) is 4.39 Å². The quantitative estimate of drug-likeness (QED) is 0.297. The van der Waals surface area contributed by atoms with E-state index in [-0.39, 0.29) is 29.8 Å². The number of hydrogen-bond donors (Lipinski definition) is 2. The van der Waals surface area contributed by atoms with Gasteiger partial charge in [0, 0.05) is 20.1 Å². The van der Waals surface area contributed by atoms with Gasteiger partial charge in [-0.3, -0.25) is 4.99 Å². The van der Waals surface area contributed by atoms with Gasteiger partial charge in [-0.15, -0.1) is 24.0 Å². The van der Waals surface area contributed by atoms with Crippen molar-refractivity contribution in [2.45, 2.75) is 19.3 Å². The standard InChI is InChI=1S/C19H24FN3.HI/c1-21-19(22-14-5-8-16-6-3-2-4-7-16)23-15-13-17-9-11-18(20)12-10-17;/h2-4,6-7,9-12H,5,8,13-15H2,1H3,(H2,21,22,23);1H. The molecule has 2 N–H and O–H groups in total. The van der Waals surface area contributed by atoms with Crippen LogP contribution in [0.15, 0.2) is 59.6 Å². The molecule has 130 valence electrons. The zero-order valence-corrected chi connectivity index (χ0v) is 16.3. The second-order valence-corrected chi connectivity index (χ2v) is 5.39. The van der Waals surface area contributed by atoms with Gasteiger partial charge in [-0.05, 0) is 42.5 Å². The third-order valence-electron chi connectivity index (χ3n) is 3.62. The molecule has 2 rings (SSSR count). The van der Waals surface area contributed by atoms with Gasteiger partial charge >= 0.3 is 0 Å². The summed E-state index contributed by atoms with van der Waals surface area (Å²) in [5.41, 5.74) is 2.46. The van der Waals surface area contributed by atoms with Crippen LogP contribution in [0.25, 0.3) is 0 Å². The Morgan fingerprint density at radius 2 is 1.50 bits per heavy atom. The van der Waals surface area contributed by atoms with E-state index in [0.29, 0.717) is 0 Å². The lowest BCUT2D eigenvalue weighted by molar-refractivity contribution is 0.626. The Morgan fingerprint density at radius 3 is 2.17 bits per heavy atom. The molecule has 5 heteroatoms. The maximum atomic E-state index is 12.8. The minimum absolute atomic E-state index is 0. The molecule has 0 saturated heterocycles. The van der Waals surface area contributed by atoms with Gasteiger partial charge in [-0.1, -0.05) is 42.5 Å². The molecule has 3 nitrogen and oxygen atoms in total. The molecule has 0 unspecified atom stereocenters. The topological polar surface area (TPSA) is 36.4 Å². The Balaban J connectivity index is 0.00000288. The first-order chi connectivity index (χ1) is 11.3. The molecule has 0 atom stereocenters. The number of benzene rings is 2. The Labute approximate surface area is 160 Å². The normalized spacial score (nSPS) is 10.8. The fraction of sp³-hybridized carbons (Fsp3) is 0.316. The largest absolute Gasteiger partial charge is 0.356 e. The van der Waals surface area contributed by atoms with Crippen LogP contribution < -0.4 is 10.6 Å². The molecule has 24 heavy (non-hydrogen) atoms. The zero-order chi connectivity index (χ0) is 16.3. The van der Waals surface area contributed by atoms with E-state index in [1.807, 2.05) is 18.2 Å². The summed E-state index contributed by atoms with van der Waals surface area (Å²) < 4.78 is 12.8. The minimum Gasteiger partial charge on any atom is -0.356 e. The van der Waals surface area contributed by atoms with Crippen molar-refractivity contribution < 1.29 is 4.39 Å². The van der Waals surface area contributed by atoms with Crippen LogP contribution >= 0.6 is 24.0 Å². The fourth-order valence-corrected chi connectivity index (χ4v) is 2.34. The maximum Gasteiger partial charge on any atom is 0.190 e. The predicted molar refractivity (Wildman–Crippen MR) is 110 cm³/mol. The van der Waals surface area contributed by atoms with Crippen molar-refractivity contribution in [1.82, 2.24) is 10.6 Å². The van der Waals surface area contributed by atoms with Crippen molar-refractivity contribution in [2.24, 2.45) is 4.99 Å². The van der Waals surface area contributed by atoms with Crippen molar-refractivity contribution in [3.05, 3.63) is 71.5 Å². The number of aliphatic imine (C=N–C) groups is 1. The Bertz CT molecular complexity index is 600. The van der Waals surface area contributed by atoms with Gasteiger partial charge in [0.1, 0.15) is 5.82 Å². The summed E-state index contributed by atoms with van der Waals surface area (Å²) in [6.45, 7) is 1.65. The molecule has 0 bridgehead atoms. The van der Waals surface area contributed by atoms with Gasteiger partial charge in [0.25, 0.3) is 0 Å². The highest BCUT2D eigenvalue weighted by Crippen LogP contribution is 2.03. The molecular formula is C19H25FIN3. The number of hydrogen-bond acceptors (Lipinski definition) is 1. The first kappa shape index (κ1) is 20.4. The summed E-state index contributed by atoms with van der Waals surface area (Å²) in [5.74, 6) is 0.609. The summed E-state index contributed by atoms with van der Waals surface area (Å²) in [7, 11) is 1.77. The molecule has 2 aromatic carbocycles. The minimum atomic E-state index is -0.197. The second kappa shape index (κ2) is 11.8. The molecule has 2 aromatic rings. The van der Waals surface area contributed by atoms with Gasteiger partial charge in [0.05, 0.1) is 0 Å². The highest BCUT2D eigenvalue weighted by atomic mass is 127. The van der Waals surface area contributed by atoms with Crippen LogP contribution in [-0.4, -0.2) is 26.1 Å². The lowest BCUT2D eigenvalue weighted by atomic mass is 10.1. The molecule has 0 amide bonds. The average molecular weight is 441 g/mol. The molecule has 0 aliphatic carbocycles. The van der Waals surface area contributed by atoms with Crippen molar-refractivity contribution in [1.29, 1.82) is 0 Å². The van der Waals surface area contributed by atoms with Crippen LogP contribution in [0.3, 0.4) is 0 Å². The molecule has 0 spiro atoms. The molecule has 0 fully saturated rings. The van der Waals surface area contributed by atoms with Crippen molar-refractivity contribution in [2.75, 3.05) is 20.1 Å². The lowest BCUT2D eigenvalue weighted by Gasteiger charge is -2.12. The van der Waals surface area contributed by atoms with E-state index in [0.717, 1.165) is 43.9 Å². The third-order valence-corrected chi connectivity index (χ3v) is 3.62. The van der Waals surface area contributed by atoms with Crippen LogP contribution in [0, 0.1) is 5.82 Å². The van der Waals surface area contributed by atoms with Crippen LogP contribution in [0.2, 0.25) is 0 Å². The van der Waals surface area contributed by atoms with Crippen LogP contribution in [0.5, 0.6) is 0 Å². The highest BCUT2D eigenvalue weighted by Gasteiger charge is 1.99. The number of nitrogens with zero attached hydrogens (tertiary/aromatic N) is 1. The summed E-state index contributed by atoms with van der Waals surface area (Å²) in [6, 6.07) is 17.1. The maximum absolute atomic E-state index is 12.8. The van der Waals surface area contributed by atoms with E-state index in [2.05, 4.69) is 39.9 Å². The Morgan fingerprint density at radius 1 is 0.875 bits per heavy atom. The summed E-state index contributed by atoms with van der Waals surface area (Å²) in [5, 5.41) is 6.59. The van der Waals surface area contributed by atoms with Crippen molar-refractivity contribution in [3.63, 3.8) is 0 Å². The van der Waals surface area contributed by atoms with Gasteiger partial charge in [-0.2, -0.15) is 0 Å².